The monoisotopic (exact) mass is 470 g/mol. The number of hydrogen-bond acceptors (Lipinski definition) is 2. The molecular weight excluding hydrogens is 448 g/mol. The summed E-state index contributed by atoms with van der Waals surface area (Å²) in [5.41, 5.74) is 13.0. The summed E-state index contributed by atoms with van der Waals surface area (Å²) < 4.78 is 0. The third kappa shape index (κ3) is 3.17. The van der Waals surface area contributed by atoms with Gasteiger partial charge in [-0.05, 0) is 74.3 Å². The van der Waals surface area contributed by atoms with Crippen LogP contribution in [0.25, 0.3) is 22.3 Å². The molecule has 172 valence electrons. The van der Waals surface area contributed by atoms with E-state index in [1.54, 1.807) is 0 Å². The molecule has 0 spiro atoms. The first-order chi connectivity index (χ1) is 18.3. The van der Waals surface area contributed by atoms with Crippen molar-refractivity contribution in [1.29, 1.82) is 10.5 Å². The molecule has 0 saturated carbocycles. The molecule has 2 heteroatoms. The van der Waals surface area contributed by atoms with E-state index in [-0.39, 0.29) is 17.8 Å². The van der Waals surface area contributed by atoms with Gasteiger partial charge in [-0.15, -0.1) is 0 Å². The maximum atomic E-state index is 9.44. The van der Waals surface area contributed by atoms with Crippen LogP contribution in [-0.2, 0) is 0 Å². The summed E-state index contributed by atoms with van der Waals surface area (Å²) in [6.45, 7) is 0. The molecule has 2 aliphatic carbocycles. The first kappa shape index (κ1) is 21.4. The van der Waals surface area contributed by atoms with Crippen LogP contribution in [0.15, 0.2) is 115 Å². The highest BCUT2D eigenvalue weighted by atomic mass is 14.5. The Hall–Kier alpha value is -4.92. The SMILES string of the molecule is N#Cc1ccc(C2c3ccccc3-c3cccc4c3C2C(c2ccc(C#N)cc2)c2ccccc2-4)cc1. The van der Waals surface area contributed by atoms with Crippen molar-refractivity contribution in [3.8, 4) is 34.4 Å². The zero-order valence-electron chi connectivity index (χ0n) is 20.1. The van der Waals surface area contributed by atoms with Crippen molar-refractivity contribution >= 4 is 0 Å². The van der Waals surface area contributed by atoms with Crippen molar-refractivity contribution in [2.75, 3.05) is 0 Å². The first-order valence-electron chi connectivity index (χ1n) is 12.6. The zero-order chi connectivity index (χ0) is 24.9. The van der Waals surface area contributed by atoms with Gasteiger partial charge in [0.25, 0.3) is 0 Å². The molecule has 0 heterocycles. The minimum atomic E-state index is 0.117. The molecule has 0 aliphatic heterocycles. The summed E-state index contributed by atoms with van der Waals surface area (Å²) in [7, 11) is 0. The van der Waals surface area contributed by atoms with E-state index in [0.29, 0.717) is 11.1 Å². The molecule has 0 saturated heterocycles. The van der Waals surface area contributed by atoms with Crippen molar-refractivity contribution < 1.29 is 0 Å². The third-order valence-electron chi connectivity index (χ3n) is 8.13. The van der Waals surface area contributed by atoms with Crippen LogP contribution in [0.4, 0.5) is 0 Å². The molecule has 37 heavy (non-hydrogen) atoms. The van der Waals surface area contributed by atoms with Crippen LogP contribution >= 0.6 is 0 Å². The Morgan fingerprint density at radius 3 is 1.27 bits per heavy atom. The smallest absolute Gasteiger partial charge is 0.0991 e. The molecule has 0 bridgehead atoms. The van der Waals surface area contributed by atoms with Gasteiger partial charge in [0.05, 0.1) is 23.3 Å². The molecular formula is C35H22N2. The summed E-state index contributed by atoms with van der Waals surface area (Å²) in [5.74, 6) is 0.398. The number of benzene rings is 5. The number of hydrogen-bond donors (Lipinski definition) is 0. The topological polar surface area (TPSA) is 47.6 Å². The van der Waals surface area contributed by atoms with E-state index in [1.807, 2.05) is 24.3 Å². The molecule has 2 atom stereocenters. The van der Waals surface area contributed by atoms with Gasteiger partial charge in [0.2, 0.25) is 0 Å². The molecule has 2 unspecified atom stereocenters. The van der Waals surface area contributed by atoms with E-state index in [9.17, 15) is 10.5 Å². The average Bonchev–Trinajstić information content (AvgIpc) is 2.98. The van der Waals surface area contributed by atoms with Gasteiger partial charge in [-0.2, -0.15) is 10.5 Å². The van der Waals surface area contributed by atoms with Crippen LogP contribution in [0, 0.1) is 22.7 Å². The fraction of sp³-hybridized carbons (Fsp3) is 0.0857. The van der Waals surface area contributed by atoms with Gasteiger partial charge in [-0.25, -0.2) is 0 Å². The Bertz CT molecular complexity index is 1620. The van der Waals surface area contributed by atoms with Gasteiger partial charge in [0, 0.05) is 17.8 Å². The molecule has 0 fully saturated rings. The molecule has 0 N–H and O–H groups in total. The number of fused-ring (bicyclic) bond motifs is 4. The minimum Gasteiger partial charge on any atom is -0.192 e. The van der Waals surface area contributed by atoms with Gasteiger partial charge in [0.1, 0.15) is 0 Å². The second kappa shape index (κ2) is 8.34. The highest BCUT2D eigenvalue weighted by Crippen LogP contribution is 2.62. The van der Waals surface area contributed by atoms with E-state index in [1.165, 1.54) is 50.1 Å². The molecule has 2 nitrogen and oxygen atoms in total. The lowest BCUT2D eigenvalue weighted by Gasteiger charge is -2.45. The van der Waals surface area contributed by atoms with Gasteiger partial charge >= 0.3 is 0 Å². The molecule has 0 aromatic heterocycles. The summed E-state index contributed by atoms with van der Waals surface area (Å²) >= 11 is 0. The highest BCUT2D eigenvalue weighted by molar-refractivity contribution is 5.88. The largest absolute Gasteiger partial charge is 0.192 e. The maximum absolute atomic E-state index is 9.44. The fourth-order valence-corrected chi connectivity index (χ4v) is 6.64. The predicted molar refractivity (Wildman–Crippen MR) is 146 cm³/mol. The van der Waals surface area contributed by atoms with Crippen LogP contribution in [0.5, 0.6) is 0 Å². The molecule has 0 amide bonds. The van der Waals surface area contributed by atoms with Crippen LogP contribution in [-0.4, -0.2) is 0 Å². The molecule has 2 aliphatic rings. The van der Waals surface area contributed by atoms with Crippen LogP contribution in [0.1, 0.15) is 56.7 Å². The first-order valence-corrected chi connectivity index (χ1v) is 12.6. The molecule has 5 aromatic rings. The van der Waals surface area contributed by atoms with E-state index < -0.39 is 0 Å². The Balaban J connectivity index is 1.57. The zero-order valence-corrected chi connectivity index (χ0v) is 20.1. The normalized spacial score (nSPS) is 18.5. The Kier molecular flexibility index (Phi) is 4.81. The molecule has 7 rings (SSSR count). The summed E-state index contributed by atoms with van der Waals surface area (Å²) in [4.78, 5) is 0. The second-order valence-corrected chi connectivity index (χ2v) is 9.89. The summed E-state index contributed by atoms with van der Waals surface area (Å²) in [6, 6.07) is 45.1. The van der Waals surface area contributed by atoms with Crippen molar-refractivity contribution in [1.82, 2.24) is 0 Å². The highest BCUT2D eigenvalue weighted by Gasteiger charge is 2.45. The second-order valence-electron chi connectivity index (χ2n) is 9.89. The van der Waals surface area contributed by atoms with Crippen molar-refractivity contribution in [3.63, 3.8) is 0 Å². The molecule has 5 aromatic carbocycles. The van der Waals surface area contributed by atoms with Crippen molar-refractivity contribution in [2.45, 2.75) is 17.8 Å². The van der Waals surface area contributed by atoms with Crippen LogP contribution < -0.4 is 0 Å². The Morgan fingerprint density at radius 2 is 0.838 bits per heavy atom. The number of nitriles is 2. The predicted octanol–water partition coefficient (Wildman–Crippen LogP) is 8.14. The lowest BCUT2D eigenvalue weighted by molar-refractivity contribution is 0.530. The van der Waals surface area contributed by atoms with E-state index in [0.717, 1.165) is 0 Å². The number of rotatable bonds is 2. The quantitative estimate of drug-likeness (QED) is 0.261. The van der Waals surface area contributed by atoms with Crippen molar-refractivity contribution in [3.05, 3.63) is 154 Å². The lowest BCUT2D eigenvalue weighted by atomic mass is 9.57. The van der Waals surface area contributed by atoms with Gasteiger partial charge in [0.15, 0.2) is 0 Å². The van der Waals surface area contributed by atoms with Crippen LogP contribution in [0.2, 0.25) is 0 Å². The average molecular weight is 471 g/mol. The summed E-state index contributed by atoms with van der Waals surface area (Å²) in [6.07, 6.45) is 0. The van der Waals surface area contributed by atoms with E-state index >= 15 is 0 Å². The standard InChI is InChI=1S/C35H22N2/c36-20-22-12-16-24(17-13-22)32-28-8-3-1-6-26(28)30-10-5-11-31-27-7-2-4-9-29(27)33(35(32)34(30)31)25-18-14-23(21-37)15-19-25/h1-19,32-33,35H. The third-order valence-corrected chi connectivity index (χ3v) is 8.13. The Morgan fingerprint density at radius 1 is 0.432 bits per heavy atom. The Labute approximate surface area is 216 Å². The lowest BCUT2D eigenvalue weighted by Crippen LogP contribution is -2.29. The molecule has 0 radical (unpaired) electrons. The van der Waals surface area contributed by atoms with Crippen LogP contribution in [0.3, 0.4) is 0 Å². The maximum Gasteiger partial charge on any atom is 0.0991 e. The minimum absolute atomic E-state index is 0.117. The fourth-order valence-electron chi connectivity index (χ4n) is 6.64. The van der Waals surface area contributed by atoms with Gasteiger partial charge < -0.3 is 0 Å². The van der Waals surface area contributed by atoms with Gasteiger partial charge in [-0.3, -0.25) is 0 Å². The van der Waals surface area contributed by atoms with Crippen molar-refractivity contribution in [2.24, 2.45) is 0 Å². The van der Waals surface area contributed by atoms with E-state index in [2.05, 4.69) is 103 Å². The van der Waals surface area contributed by atoms with Gasteiger partial charge in [-0.1, -0.05) is 91.0 Å². The summed E-state index contributed by atoms with van der Waals surface area (Å²) in [5, 5.41) is 18.9. The van der Waals surface area contributed by atoms with E-state index in [4.69, 9.17) is 0 Å². The number of nitrogens with zero attached hydrogens (tertiary/aromatic N) is 2.